The van der Waals surface area contributed by atoms with Crippen LogP contribution in [0, 0.1) is 0 Å². The van der Waals surface area contributed by atoms with Crippen molar-refractivity contribution in [2.75, 3.05) is 6.54 Å². The van der Waals surface area contributed by atoms with Crippen LogP contribution >= 0.6 is 0 Å². The summed E-state index contributed by atoms with van der Waals surface area (Å²) in [6.07, 6.45) is 9.51. The van der Waals surface area contributed by atoms with Crippen LogP contribution in [0.1, 0.15) is 58.3 Å². The van der Waals surface area contributed by atoms with Crippen LogP contribution in [-0.4, -0.2) is 24.0 Å². The van der Waals surface area contributed by atoms with Gasteiger partial charge in [0.2, 0.25) is 5.91 Å². The topological polar surface area (TPSA) is 41.1 Å². The van der Waals surface area contributed by atoms with Crippen LogP contribution in [0.3, 0.4) is 0 Å². The standard InChI is InChI=1S/C13H24N2O/c1-2-12(16)15-11-6-9-14-13(10-11)7-4-3-5-8-13/h11,14H,2-10H2,1H3,(H,15,16). The maximum Gasteiger partial charge on any atom is 0.219 e. The van der Waals surface area contributed by atoms with Gasteiger partial charge in [-0.3, -0.25) is 4.79 Å². The van der Waals surface area contributed by atoms with Gasteiger partial charge in [-0.2, -0.15) is 0 Å². The van der Waals surface area contributed by atoms with Crippen LogP contribution in [0.15, 0.2) is 0 Å². The second-order valence-corrected chi connectivity index (χ2v) is 5.38. The number of hydrogen-bond donors (Lipinski definition) is 2. The minimum Gasteiger partial charge on any atom is -0.353 e. The van der Waals surface area contributed by atoms with Crippen molar-refractivity contribution in [1.29, 1.82) is 0 Å². The van der Waals surface area contributed by atoms with E-state index in [0.29, 0.717) is 18.0 Å². The number of hydrogen-bond acceptors (Lipinski definition) is 2. The zero-order chi connectivity index (χ0) is 11.4. The van der Waals surface area contributed by atoms with Crippen molar-refractivity contribution in [3.05, 3.63) is 0 Å². The number of rotatable bonds is 2. The molecule has 0 bridgehead atoms. The molecule has 3 nitrogen and oxygen atoms in total. The Kier molecular flexibility index (Phi) is 3.85. The van der Waals surface area contributed by atoms with E-state index in [1.54, 1.807) is 0 Å². The molecule has 1 aliphatic carbocycles. The van der Waals surface area contributed by atoms with Crippen LogP contribution < -0.4 is 10.6 Å². The maximum absolute atomic E-state index is 11.4. The molecule has 1 heterocycles. The molecule has 0 radical (unpaired) electrons. The predicted octanol–water partition coefficient (Wildman–Crippen LogP) is 1.97. The van der Waals surface area contributed by atoms with Gasteiger partial charge in [-0.05, 0) is 32.2 Å². The number of carbonyl (C=O) groups excluding carboxylic acids is 1. The second kappa shape index (κ2) is 5.17. The molecule has 1 atom stereocenters. The van der Waals surface area contributed by atoms with Gasteiger partial charge in [-0.1, -0.05) is 26.2 Å². The molecule has 2 N–H and O–H groups in total. The zero-order valence-electron chi connectivity index (χ0n) is 10.3. The van der Waals surface area contributed by atoms with Crippen LogP contribution in [-0.2, 0) is 4.79 Å². The Morgan fingerprint density at radius 3 is 2.81 bits per heavy atom. The molecule has 1 aliphatic heterocycles. The fourth-order valence-electron chi connectivity index (χ4n) is 3.22. The zero-order valence-corrected chi connectivity index (χ0v) is 10.3. The molecule has 16 heavy (non-hydrogen) atoms. The van der Waals surface area contributed by atoms with E-state index >= 15 is 0 Å². The Morgan fingerprint density at radius 2 is 2.12 bits per heavy atom. The largest absolute Gasteiger partial charge is 0.353 e. The van der Waals surface area contributed by atoms with Crippen molar-refractivity contribution < 1.29 is 4.79 Å². The molecule has 1 saturated heterocycles. The second-order valence-electron chi connectivity index (χ2n) is 5.38. The average molecular weight is 224 g/mol. The Balaban J connectivity index is 1.90. The van der Waals surface area contributed by atoms with Gasteiger partial charge in [0.05, 0.1) is 0 Å². The molecule has 1 spiro atoms. The van der Waals surface area contributed by atoms with Gasteiger partial charge >= 0.3 is 0 Å². The highest BCUT2D eigenvalue weighted by atomic mass is 16.1. The fourth-order valence-corrected chi connectivity index (χ4v) is 3.22. The number of carbonyl (C=O) groups is 1. The summed E-state index contributed by atoms with van der Waals surface area (Å²) in [5, 5.41) is 6.87. The lowest BCUT2D eigenvalue weighted by Gasteiger charge is -2.44. The molecule has 1 saturated carbocycles. The Morgan fingerprint density at radius 1 is 1.38 bits per heavy atom. The van der Waals surface area contributed by atoms with E-state index in [4.69, 9.17) is 0 Å². The first-order chi connectivity index (χ1) is 7.74. The monoisotopic (exact) mass is 224 g/mol. The van der Waals surface area contributed by atoms with Gasteiger partial charge in [0.1, 0.15) is 0 Å². The lowest BCUT2D eigenvalue weighted by atomic mass is 9.75. The highest BCUT2D eigenvalue weighted by Gasteiger charge is 2.37. The van der Waals surface area contributed by atoms with E-state index in [1.165, 1.54) is 32.1 Å². The van der Waals surface area contributed by atoms with Crippen LogP contribution in [0.5, 0.6) is 0 Å². The fraction of sp³-hybridized carbons (Fsp3) is 0.923. The van der Waals surface area contributed by atoms with Crippen molar-refractivity contribution in [2.24, 2.45) is 0 Å². The van der Waals surface area contributed by atoms with Gasteiger partial charge in [0.25, 0.3) is 0 Å². The van der Waals surface area contributed by atoms with E-state index in [9.17, 15) is 4.79 Å². The minimum absolute atomic E-state index is 0.206. The third-order valence-corrected chi connectivity index (χ3v) is 4.13. The summed E-state index contributed by atoms with van der Waals surface area (Å²) in [6, 6.07) is 0.409. The summed E-state index contributed by atoms with van der Waals surface area (Å²) < 4.78 is 0. The molecule has 2 rings (SSSR count). The first kappa shape index (κ1) is 11.9. The summed E-state index contributed by atoms with van der Waals surface area (Å²) in [5.41, 5.74) is 0.349. The van der Waals surface area contributed by atoms with Gasteiger partial charge < -0.3 is 10.6 Å². The van der Waals surface area contributed by atoms with E-state index < -0.39 is 0 Å². The first-order valence-electron chi connectivity index (χ1n) is 6.78. The van der Waals surface area contributed by atoms with E-state index in [0.717, 1.165) is 19.4 Å². The van der Waals surface area contributed by atoms with Crippen molar-refractivity contribution in [3.8, 4) is 0 Å². The molecule has 2 fully saturated rings. The van der Waals surface area contributed by atoms with Gasteiger partial charge in [-0.15, -0.1) is 0 Å². The van der Waals surface area contributed by atoms with Crippen molar-refractivity contribution in [1.82, 2.24) is 10.6 Å². The third-order valence-electron chi connectivity index (χ3n) is 4.13. The molecule has 0 aromatic carbocycles. The summed E-state index contributed by atoms with van der Waals surface area (Å²) >= 11 is 0. The average Bonchev–Trinajstić information content (AvgIpc) is 2.30. The SMILES string of the molecule is CCC(=O)NC1CCNC2(CCCCC2)C1. The minimum atomic E-state index is 0.206. The Labute approximate surface area is 98.4 Å². The van der Waals surface area contributed by atoms with Crippen molar-refractivity contribution >= 4 is 5.91 Å². The number of amides is 1. The van der Waals surface area contributed by atoms with Crippen molar-refractivity contribution in [3.63, 3.8) is 0 Å². The highest BCUT2D eigenvalue weighted by Crippen LogP contribution is 2.34. The van der Waals surface area contributed by atoms with E-state index in [1.807, 2.05) is 6.92 Å². The molecule has 1 amide bonds. The molecule has 0 aromatic heterocycles. The van der Waals surface area contributed by atoms with Gasteiger partial charge in [0, 0.05) is 18.0 Å². The Hall–Kier alpha value is -0.570. The normalized spacial score (nSPS) is 28.9. The first-order valence-corrected chi connectivity index (χ1v) is 6.78. The van der Waals surface area contributed by atoms with Crippen LogP contribution in [0.4, 0.5) is 0 Å². The molecule has 0 aromatic rings. The smallest absolute Gasteiger partial charge is 0.219 e. The molecular formula is C13H24N2O. The van der Waals surface area contributed by atoms with Gasteiger partial charge in [-0.25, -0.2) is 0 Å². The molecular weight excluding hydrogens is 200 g/mol. The summed E-state index contributed by atoms with van der Waals surface area (Å²) in [7, 11) is 0. The van der Waals surface area contributed by atoms with Crippen molar-refractivity contribution in [2.45, 2.75) is 69.9 Å². The number of piperidine rings is 1. The van der Waals surface area contributed by atoms with E-state index in [-0.39, 0.29) is 5.91 Å². The van der Waals surface area contributed by atoms with E-state index in [2.05, 4.69) is 10.6 Å². The molecule has 1 unspecified atom stereocenters. The third kappa shape index (κ3) is 2.76. The lowest BCUT2D eigenvalue weighted by Crippen LogP contribution is -2.57. The molecule has 92 valence electrons. The Bertz CT molecular complexity index is 241. The maximum atomic E-state index is 11.4. The predicted molar refractivity (Wildman–Crippen MR) is 65.3 cm³/mol. The summed E-state index contributed by atoms with van der Waals surface area (Å²) in [5.74, 6) is 0.206. The van der Waals surface area contributed by atoms with Crippen LogP contribution in [0.25, 0.3) is 0 Å². The lowest BCUT2D eigenvalue weighted by molar-refractivity contribution is -0.121. The number of nitrogens with one attached hydrogen (secondary N) is 2. The van der Waals surface area contributed by atoms with Crippen LogP contribution in [0.2, 0.25) is 0 Å². The quantitative estimate of drug-likeness (QED) is 0.753. The highest BCUT2D eigenvalue weighted by molar-refractivity contribution is 5.75. The summed E-state index contributed by atoms with van der Waals surface area (Å²) in [6.45, 7) is 2.99. The van der Waals surface area contributed by atoms with Gasteiger partial charge in [0.15, 0.2) is 0 Å². The molecule has 2 aliphatic rings. The summed E-state index contributed by atoms with van der Waals surface area (Å²) in [4.78, 5) is 11.4. The molecule has 3 heteroatoms.